The molecule has 0 bridgehead atoms. The van der Waals surface area contributed by atoms with Crippen LogP contribution in [0.3, 0.4) is 0 Å². The van der Waals surface area contributed by atoms with Crippen molar-refractivity contribution in [2.45, 2.75) is 18.9 Å². The van der Waals surface area contributed by atoms with Gasteiger partial charge >= 0.3 is 0 Å². The average Bonchev–Trinajstić information content (AvgIpc) is 3.23. The van der Waals surface area contributed by atoms with Crippen LogP contribution in [-0.2, 0) is 9.63 Å². The van der Waals surface area contributed by atoms with E-state index in [-0.39, 0.29) is 24.2 Å². The number of carbonyl (C=O) groups is 2. The molecule has 2 heterocycles. The number of nitrogens with one attached hydrogen (secondary N) is 1. The summed E-state index contributed by atoms with van der Waals surface area (Å²) in [6.07, 6.45) is 3.87. The van der Waals surface area contributed by atoms with Crippen molar-refractivity contribution in [2.75, 3.05) is 5.32 Å². The summed E-state index contributed by atoms with van der Waals surface area (Å²) in [5, 5.41) is 6.90. The van der Waals surface area contributed by atoms with Crippen molar-refractivity contribution in [1.29, 1.82) is 0 Å². The Kier molecular flexibility index (Phi) is 5.42. The van der Waals surface area contributed by atoms with Gasteiger partial charge in [-0.2, -0.15) is 0 Å². The summed E-state index contributed by atoms with van der Waals surface area (Å²) in [5.74, 6) is -0.220. The molecule has 144 valence electrons. The molecule has 3 aromatic rings. The van der Waals surface area contributed by atoms with E-state index in [1.165, 1.54) is 0 Å². The van der Waals surface area contributed by atoms with Crippen LogP contribution in [0.4, 0.5) is 5.69 Å². The van der Waals surface area contributed by atoms with E-state index in [9.17, 15) is 9.59 Å². The van der Waals surface area contributed by atoms with Gasteiger partial charge < -0.3 is 10.2 Å². The largest absolute Gasteiger partial charge is 0.391 e. The number of amides is 1. The van der Waals surface area contributed by atoms with Crippen molar-refractivity contribution < 1.29 is 14.4 Å². The van der Waals surface area contributed by atoms with E-state index in [0.29, 0.717) is 23.2 Å². The Labute approximate surface area is 168 Å². The second-order valence-electron chi connectivity index (χ2n) is 6.74. The molecule has 1 atom stereocenters. The summed E-state index contributed by atoms with van der Waals surface area (Å²) in [4.78, 5) is 34.2. The monoisotopic (exact) mass is 385 g/mol. The molecule has 4 rings (SSSR count). The number of rotatable bonds is 6. The number of benzene rings is 2. The zero-order valence-corrected chi connectivity index (χ0v) is 15.6. The quantitative estimate of drug-likeness (QED) is 0.654. The highest BCUT2D eigenvalue weighted by Gasteiger charge is 2.25. The van der Waals surface area contributed by atoms with Gasteiger partial charge in [-0.15, -0.1) is 0 Å². The standard InChI is InChI=1S/C23H19N3O3/c27-22(14-20-13-21(26-29-20)18-7-4-12-24-15-18)25-19-10-8-17(9-11-19)23(28)16-5-2-1-3-6-16/h1-12,15,20H,13-14H2,(H,25,27)/t20-/m0/s1. The van der Waals surface area contributed by atoms with Crippen LogP contribution in [-0.4, -0.2) is 28.5 Å². The third kappa shape index (κ3) is 4.55. The molecule has 0 aliphatic carbocycles. The molecule has 0 unspecified atom stereocenters. The fraction of sp³-hybridized carbons (Fsp3) is 0.130. The number of ketones is 1. The van der Waals surface area contributed by atoms with Crippen molar-refractivity contribution in [3.63, 3.8) is 0 Å². The minimum absolute atomic E-state index is 0.0529. The van der Waals surface area contributed by atoms with Gasteiger partial charge in [-0.25, -0.2) is 0 Å². The van der Waals surface area contributed by atoms with Gasteiger partial charge in [0.25, 0.3) is 0 Å². The SMILES string of the molecule is O=C(C[C@@H]1CC(c2cccnc2)=NO1)Nc1ccc(C(=O)c2ccccc2)cc1. The first-order valence-corrected chi connectivity index (χ1v) is 9.32. The van der Waals surface area contributed by atoms with E-state index in [4.69, 9.17) is 4.84 Å². The van der Waals surface area contributed by atoms with Crippen LogP contribution in [0.5, 0.6) is 0 Å². The number of carbonyl (C=O) groups excluding carboxylic acids is 2. The lowest BCUT2D eigenvalue weighted by molar-refractivity contribution is -0.118. The Balaban J connectivity index is 1.31. The molecule has 29 heavy (non-hydrogen) atoms. The van der Waals surface area contributed by atoms with Crippen LogP contribution in [0.1, 0.15) is 34.3 Å². The van der Waals surface area contributed by atoms with Crippen molar-refractivity contribution >= 4 is 23.1 Å². The van der Waals surface area contributed by atoms with Crippen LogP contribution in [0.2, 0.25) is 0 Å². The first kappa shape index (κ1) is 18.6. The fourth-order valence-corrected chi connectivity index (χ4v) is 3.12. The Bertz CT molecular complexity index is 1030. The number of oxime groups is 1. The van der Waals surface area contributed by atoms with Crippen molar-refractivity contribution in [3.05, 3.63) is 95.8 Å². The maximum Gasteiger partial charge on any atom is 0.228 e. The Morgan fingerprint density at radius 1 is 0.966 bits per heavy atom. The van der Waals surface area contributed by atoms with Gasteiger partial charge in [0.1, 0.15) is 6.10 Å². The summed E-state index contributed by atoms with van der Waals surface area (Å²) < 4.78 is 0. The number of nitrogens with zero attached hydrogens (tertiary/aromatic N) is 2. The van der Waals surface area contributed by atoms with E-state index in [1.54, 1.807) is 48.8 Å². The molecule has 1 aliphatic heterocycles. The zero-order chi connectivity index (χ0) is 20.1. The number of hydrogen-bond acceptors (Lipinski definition) is 5. The van der Waals surface area contributed by atoms with Crippen molar-refractivity contribution in [3.8, 4) is 0 Å². The second-order valence-corrected chi connectivity index (χ2v) is 6.74. The number of pyridine rings is 1. The highest BCUT2D eigenvalue weighted by atomic mass is 16.6. The van der Waals surface area contributed by atoms with Crippen LogP contribution in [0.15, 0.2) is 84.3 Å². The molecule has 1 aliphatic rings. The Morgan fingerprint density at radius 3 is 2.45 bits per heavy atom. The predicted molar refractivity (Wildman–Crippen MR) is 110 cm³/mol. The van der Waals surface area contributed by atoms with E-state index < -0.39 is 0 Å². The molecule has 6 nitrogen and oxygen atoms in total. The first-order valence-electron chi connectivity index (χ1n) is 9.32. The topological polar surface area (TPSA) is 80.7 Å². The lowest BCUT2D eigenvalue weighted by Gasteiger charge is -2.09. The molecule has 1 amide bonds. The van der Waals surface area contributed by atoms with E-state index in [2.05, 4.69) is 15.5 Å². The normalized spacial score (nSPS) is 15.3. The van der Waals surface area contributed by atoms with Gasteiger partial charge in [0.05, 0.1) is 12.1 Å². The maximum atomic E-state index is 12.4. The zero-order valence-electron chi connectivity index (χ0n) is 15.6. The summed E-state index contributed by atoms with van der Waals surface area (Å²) in [5.41, 5.74) is 3.52. The third-order valence-corrected chi connectivity index (χ3v) is 4.61. The maximum absolute atomic E-state index is 12.4. The molecule has 2 aromatic carbocycles. The van der Waals surface area contributed by atoms with Gasteiger partial charge in [-0.05, 0) is 36.4 Å². The third-order valence-electron chi connectivity index (χ3n) is 4.61. The molecule has 1 N–H and O–H groups in total. The van der Waals surface area contributed by atoms with E-state index >= 15 is 0 Å². The molecular formula is C23H19N3O3. The smallest absolute Gasteiger partial charge is 0.228 e. The van der Waals surface area contributed by atoms with Gasteiger partial charge in [0.2, 0.25) is 5.91 Å². The summed E-state index contributed by atoms with van der Waals surface area (Å²) >= 11 is 0. The minimum atomic E-state index is -0.302. The summed E-state index contributed by atoms with van der Waals surface area (Å²) in [6.45, 7) is 0. The fourth-order valence-electron chi connectivity index (χ4n) is 3.12. The Hall–Kier alpha value is -3.80. The lowest BCUT2D eigenvalue weighted by atomic mass is 10.0. The van der Waals surface area contributed by atoms with Crippen molar-refractivity contribution in [1.82, 2.24) is 4.98 Å². The van der Waals surface area contributed by atoms with E-state index in [0.717, 1.165) is 11.3 Å². The molecular weight excluding hydrogens is 366 g/mol. The van der Waals surface area contributed by atoms with Crippen LogP contribution in [0.25, 0.3) is 0 Å². The average molecular weight is 385 g/mol. The molecule has 0 radical (unpaired) electrons. The molecule has 6 heteroatoms. The molecule has 0 spiro atoms. The molecule has 0 saturated carbocycles. The number of hydrogen-bond donors (Lipinski definition) is 1. The van der Waals surface area contributed by atoms with Crippen LogP contribution < -0.4 is 5.32 Å². The van der Waals surface area contributed by atoms with Gasteiger partial charge in [0, 0.05) is 41.2 Å². The van der Waals surface area contributed by atoms with Gasteiger partial charge in [-0.3, -0.25) is 14.6 Å². The highest BCUT2D eigenvalue weighted by molar-refractivity contribution is 6.09. The Morgan fingerprint density at radius 2 is 1.72 bits per heavy atom. The summed E-state index contributed by atoms with van der Waals surface area (Å²) in [6, 6.07) is 19.7. The van der Waals surface area contributed by atoms with Crippen molar-refractivity contribution in [2.24, 2.45) is 5.16 Å². The second kappa shape index (κ2) is 8.48. The number of aromatic nitrogens is 1. The van der Waals surface area contributed by atoms with E-state index in [1.807, 2.05) is 30.3 Å². The molecule has 1 aromatic heterocycles. The first-order chi connectivity index (χ1) is 14.2. The van der Waals surface area contributed by atoms with Gasteiger partial charge in [0.15, 0.2) is 5.78 Å². The summed E-state index contributed by atoms with van der Waals surface area (Å²) in [7, 11) is 0. The minimum Gasteiger partial charge on any atom is -0.391 e. The molecule has 0 saturated heterocycles. The van der Waals surface area contributed by atoms with Crippen LogP contribution >= 0.6 is 0 Å². The van der Waals surface area contributed by atoms with Crippen LogP contribution in [0, 0.1) is 0 Å². The number of anilines is 1. The molecule has 0 fully saturated rings. The highest BCUT2D eigenvalue weighted by Crippen LogP contribution is 2.20. The predicted octanol–water partition coefficient (Wildman–Crippen LogP) is 3.83. The van der Waals surface area contributed by atoms with Gasteiger partial charge in [-0.1, -0.05) is 35.5 Å². The lowest BCUT2D eigenvalue weighted by Crippen LogP contribution is -2.20.